The quantitative estimate of drug-likeness (QED) is 0.582. The van der Waals surface area contributed by atoms with Crippen LogP contribution in [0.15, 0.2) is 60.7 Å². The number of allylic oxidation sites excluding steroid dienone is 2. The van der Waals surface area contributed by atoms with E-state index in [0.29, 0.717) is 8.45 Å². The molecule has 0 bridgehead atoms. The van der Waals surface area contributed by atoms with E-state index in [-0.39, 0.29) is 24.8 Å². The zero-order valence-corrected chi connectivity index (χ0v) is 17.0. The Kier molecular flexibility index (Phi) is 6.26. The topological polar surface area (TPSA) is 0 Å². The molecule has 0 aliphatic heterocycles. The summed E-state index contributed by atoms with van der Waals surface area (Å²) in [6, 6.07) is 17.7. The fourth-order valence-electron chi connectivity index (χ4n) is 4.13. The van der Waals surface area contributed by atoms with Gasteiger partial charge < -0.3 is 0 Å². The molecule has 2 aromatic carbocycles. The van der Waals surface area contributed by atoms with Crippen LogP contribution in [0.25, 0.3) is 12.2 Å². The zero-order valence-electron chi connectivity index (χ0n) is 13.8. The van der Waals surface area contributed by atoms with Gasteiger partial charge in [-0.05, 0) is 0 Å². The van der Waals surface area contributed by atoms with Crippen molar-refractivity contribution in [1.29, 1.82) is 0 Å². The first kappa shape index (κ1) is 19.6. The fourth-order valence-corrected chi connectivity index (χ4v) is 10.4. The van der Waals surface area contributed by atoms with Crippen LogP contribution in [-0.4, -0.2) is 5.59 Å². The molecule has 24 heavy (non-hydrogen) atoms. The molecule has 2 atom stereocenters. The van der Waals surface area contributed by atoms with Gasteiger partial charge in [0.1, 0.15) is 0 Å². The van der Waals surface area contributed by atoms with Gasteiger partial charge in [-0.2, -0.15) is 0 Å². The van der Waals surface area contributed by atoms with Crippen LogP contribution in [0.3, 0.4) is 0 Å². The molecule has 0 N–H and O–H groups in total. The van der Waals surface area contributed by atoms with Crippen molar-refractivity contribution in [3.63, 3.8) is 0 Å². The summed E-state index contributed by atoms with van der Waals surface area (Å²) < 4.78 is 2.39. The zero-order chi connectivity index (χ0) is 15.2. The average molecular weight is 392 g/mol. The Hall–Kier alpha value is -0.721. The SMILES string of the molecule is Cl.Cl.[BH]=[Ti]([CH2]C)([CH]1C=Cc2ccccc21)[CH]1C=Cc2ccccc21. The summed E-state index contributed by atoms with van der Waals surface area (Å²) >= 11 is -2.40. The van der Waals surface area contributed by atoms with Crippen molar-refractivity contribution >= 4 is 42.6 Å². The number of hydrogen-bond acceptors (Lipinski definition) is 0. The van der Waals surface area contributed by atoms with Crippen molar-refractivity contribution in [2.45, 2.75) is 20.1 Å². The summed E-state index contributed by atoms with van der Waals surface area (Å²) in [7, 11) is 0. The van der Waals surface area contributed by atoms with Crippen LogP contribution in [0.2, 0.25) is 4.73 Å². The second-order valence-corrected chi connectivity index (χ2v) is 13.4. The van der Waals surface area contributed by atoms with Crippen LogP contribution in [0.4, 0.5) is 0 Å². The number of hydrogen-bond donors (Lipinski definition) is 0. The molecule has 0 saturated heterocycles. The van der Waals surface area contributed by atoms with Crippen LogP contribution in [0.1, 0.15) is 37.6 Å². The molecule has 4 heteroatoms. The van der Waals surface area contributed by atoms with Crippen molar-refractivity contribution in [2.75, 3.05) is 0 Å². The predicted octanol–water partition coefficient (Wildman–Crippen LogP) is 5.77. The molecule has 4 rings (SSSR count). The van der Waals surface area contributed by atoms with Gasteiger partial charge in [-0.15, -0.1) is 24.8 Å². The van der Waals surface area contributed by atoms with E-state index in [1.54, 1.807) is 0 Å². The van der Waals surface area contributed by atoms with Gasteiger partial charge in [0.05, 0.1) is 0 Å². The molecule has 2 unspecified atom stereocenters. The Morgan fingerprint density at radius 2 is 1.21 bits per heavy atom. The Balaban J connectivity index is 0.00000104. The second-order valence-electron chi connectivity index (χ2n) is 6.52. The molecule has 0 heterocycles. The summed E-state index contributed by atoms with van der Waals surface area (Å²) in [5.41, 5.74) is 10.8. The monoisotopic (exact) mass is 391 g/mol. The maximum atomic E-state index is 4.93. The Bertz CT molecular complexity index is 776. The molecule has 123 valence electrons. The maximum absolute atomic E-state index is 4.93. The average Bonchev–Trinajstić information content (AvgIpc) is 3.19. The van der Waals surface area contributed by atoms with E-state index in [2.05, 4.69) is 79.8 Å². The molecule has 0 radical (unpaired) electrons. The second kappa shape index (κ2) is 7.66. The molecule has 2 aliphatic carbocycles. The normalized spacial score (nSPS) is 22.0. The molecule has 0 saturated carbocycles. The van der Waals surface area contributed by atoms with E-state index in [4.69, 9.17) is 5.59 Å². The van der Waals surface area contributed by atoms with Crippen LogP contribution < -0.4 is 0 Å². The van der Waals surface area contributed by atoms with Crippen LogP contribution in [0, 0.1) is 0 Å². The van der Waals surface area contributed by atoms with E-state index < -0.39 is 15.9 Å². The molecule has 0 aromatic heterocycles. The van der Waals surface area contributed by atoms with Gasteiger partial charge in [0.25, 0.3) is 0 Å². The molecular formula is C20H22BCl2Ti. The Morgan fingerprint density at radius 3 is 1.62 bits per heavy atom. The predicted molar refractivity (Wildman–Crippen MR) is 109 cm³/mol. The van der Waals surface area contributed by atoms with Crippen LogP contribution in [-0.2, 0) is 15.9 Å². The van der Waals surface area contributed by atoms with Crippen molar-refractivity contribution in [2.24, 2.45) is 0 Å². The first-order valence-electron chi connectivity index (χ1n) is 8.13. The van der Waals surface area contributed by atoms with Crippen molar-refractivity contribution < 1.29 is 15.9 Å². The van der Waals surface area contributed by atoms with Crippen molar-refractivity contribution in [3.05, 3.63) is 82.9 Å². The summed E-state index contributed by atoms with van der Waals surface area (Å²) in [6.45, 7) is 2.36. The van der Waals surface area contributed by atoms with E-state index in [1.165, 1.54) is 27.0 Å². The van der Waals surface area contributed by atoms with E-state index in [0.717, 1.165) is 0 Å². The first-order chi connectivity index (χ1) is 10.7. The molecular weight excluding hydrogens is 370 g/mol. The third kappa shape index (κ3) is 2.97. The van der Waals surface area contributed by atoms with E-state index in [1.807, 2.05) is 0 Å². The number of benzene rings is 2. The number of rotatable bonds is 3. The molecule has 2 aromatic rings. The van der Waals surface area contributed by atoms with Gasteiger partial charge in [-0.25, -0.2) is 0 Å². The number of fused-ring (bicyclic) bond motifs is 2. The van der Waals surface area contributed by atoms with Gasteiger partial charge in [-0.3, -0.25) is 0 Å². The third-order valence-electron chi connectivity index (χ3n) is 5.50. The third-order valence-corrected chi connectivity index (χ3v) is 13.0. The summed E-state index contributed by atoms with van der Waals surface area (Å²) in [5.74, 6) is 0. The molecule has 0 spiro atoms. The molecule has 2 aliphatic rings. The van der Waals surface area contributed by atoms with Crippen LogP contribution in [0.5, 0.6) is 0 Å². The number of halogens is 2. The van der Waals surface area contributed by atoms with Gasteiger partial charge in [0, 0.05) is 0 Å². The molecule has 0 fully saturated rings. The fraction of sp³-hybridized carbons (Fsp3) is 0.200. The van der Waals surface area contributed by atoms with E-state index in [9.17, 15) is 0 Å². The minimum absolute atomic E-state index is 0. The van der Waals surface area contributed by atoms with Crippen molar-refractivity contribution in [3.8, 4) is 0 Å². The van der Waals surface area contributed by atoms with Gasteiger partial charge in [0.2, 0.25) is 0 Å². The summed E-state index contributed by atoms with van der Waals surface area (Å²) in [5, 5.41) is 0. The molecule has 0 nitrogen and oxygen atoms in total. The Labute approximate surface area is 160 Å². The standard InChI is InChI=1S/2C9H7.C2H5.BH.2ClH.Ti/c2*1-2-5-9-7-3-6-8(9)4-1;1-2;;;;/h2*1-7H;1H2,2H3;3*1H;. The van der Waals surface area contributed by atoms with Gasteiger partial charge >= 0.3 is 137 Å². The molecule has 0 amide bonds. The van der Waals surface area contributed by atoms with Crippen molar-refractivity contribution in [1.82, 2.24) is 0 Å². The van der Waals surface area contributed by atoms with Crippen LogP contribution >= 0.6 is 24.8 Å². The Morgan fingerprint density at radius 1 is 0.792 bits per heavy atom. The summed E-state index contributed by atoms with van der Waals surface area (Å²) in [4.78, 5) is 0. The van der Waals surface area contributed by atoms with E-state index >= 15 is 0 Å². The van der Waals surface area contributed by atoms with Gasteiger partial charge in [-0.1, -0.05) is 0 Å². The first-order valence-corrected chi connectivity index (χ1v) is 12.1. The summed E-state index contributed by atoms with van der Waals surface area (Å²) in [6.07, 6.45) is 9.50. The van der Waals surface area contributed by atoms with Gasteiger partial charge in [0.15, 0.2) is 0 Å². The minimum atomic E-state index is -2.40.